The van der Waals surface area contributed by atoms with Crippen LogP contribution in [0, 0.1) is 0 Å². The number of imide groups is 1. The maximum Gasteiger partial charge on any atom is 0.307 e. The quantitative estimate of drug-likeness (QED) is 0.454. The standard InChI is InChI=1S/C24H20N2O6/c1-31-21(27)13-20(15-6-3-2-4-7-15)25-22(28)16-9-10-18-19(12-16)24(30)26(23(18)29)14-17-8-5-11-32-17/h2-12,20H,13-14H2,1H3,(H,25,28)/t20-/m0/s1. The third-order valence-electron chi connectivity index (χ3n) is 5.23. The molecular formula is C24H20N2O6. The Balaban J connectivity index is 1.55. The summed E-state index contributed by atoms with van der Waals surface area (Å²) in [6.45, 7) is 0.0100. The molecular weight excluding hydrogens is 412 g/mol. The summed E-state index contributed by atoms with van der Waals surface area (Å²) in [6, 6.07) is 16.1. The van der Waals surface area contributed by atoms with Gasteiger partial charge in [0.25, 0.3) is 17.7 Å². The first-order valence-electron chi connectivity index (χ1n) is 9.93. The molecule has 1 atom stereocenters. The predicted molar refractivity (Wildman–Crippen MR) is 113 cm³/mol. The fourth-order valence-corrected chi connectivity index (χ4v) is 3.56. The van der Waals surface area contributed by atoms with Gasteiger partial charge in [-0.05, 0) is 35.9 Å². The molecule has 1 N–H and O–H groups in total. The molecule has 0 unspecified atom stereocenters. The lowest BCUT2D eigenvalue weighted by Gasteiger charge is -2.18. The van der Waals surface area contributed by atoms with E-state index >= 15 is 0 Å². The van der Waals surface area contributed by atoms with Crippen molar-refractivity contribution in [3.63, 3.8) is 0 Å². The molecule has 2 aromatic carbocycles. The highest BCUT2D eigenvalue weighted by molar-refractivity contribution is 6.22. The second-order valence-corrected chi connectivity index (χ2v) is 7.25. The Bertz CT molecular complexity index is 1170. The molecule has 8 nitrogen and oxygen atoms in total. The molecule has 0 bridgehead atoms. The zero-order chi connectivity index (χ0) is 22.7. The molecule has 0 fully saturated rings. The van der Waals surface area contributed by atoms with E-state index in [9.17, 15) is 19.2 Å². The van der Waals surface area contributed by atoms with Gasteiger partial charge in [0.1, 0.15) is 5.76 Å². The smallest absolute Gasteiger partial charge is 0.307 e. The van der Waals surface area contributed by atoms with Crippen molar-refractivity contribution in [2.45, 2.75) is 19.0 Å². The minimum absolute atomic E-state index is 0.0100. The number of hydrogen-bond acceptors (Lipinski definition) is 6. The Hall–Kier alpha value is -4.20. The number of rotatable bonds is 7. The summed E-state index contributed by atoms with van der Waals surface area (Å²) in [7, 11) is 1.28. The number of nitrogens with zero attached hydrogens (tertiary/aromatic N) is 1. The number of hydrogen-bond donors (Lipinski definition) is 1. The number of esters is 1. The second-order valence-electron chi connectivity index (χ2n) is 7.25. The highest BCUT2D eigenvalue weighted by Gasteiger charge is 2.36. The number of carbonyl (C=O) groups is 4. The fraction of sp³-hybridized carbons (Fsp3) is 0.167. The molecule has 3 amide bonds. The molecule has 0 radical (unpaired) electrons. The number of carbonyl (C=O) groups excluding carboxylic acids is 4. The molecule has 4 rings (SSSR count). The van der Waals surface area contributed by atoms with E-state index in [-0.39, 0.29) is 29.7 Å². The van der Waals surface area contributed by atoms with Crippen molar-refractivity contribution < 1.29 is 28.3 Å². The summed E-state index contributed by atoms with van der Waals surface area (Å²) in [5.41, 5.74) is 1.32. The van der Waals surface area contributed by atoms with Crippen molar-refractivity contribution in [3.05, 3.63) is 94.9 Å². The molecule has 1 aromatic heterocycles. The van der Waals surface area contributed by atoms with Crippen LogP contribution in [0.15, 0.2) is 71.3 Å². The van der Waals surface area contributed by atoms with Gasteiger partial charge in [0.2, 0.25) is 0 Å². The number of furan rings is 1. The fourth-order valence-electron chi connectivity index (χ4n) is 3.56. The van der Waals surface area contributed by atoms with Gasteiger partial charge in [-0.1, -0.05) is 30.3 Å². The Morgan fingerprint density at radius 3 is 2.44 bits per heavy atom. The first kappa shape index (κ1) is 21.0. The number of benzene rings is 2. The van der Waals surface area contributed by atoms with E-state index in [2.05, 4.69) is 5.32 Å². The average molecular weight is 432 g/mol. The molecule has 32 heavy (non-hydrogen) atoms. The average Bonchev–Trinajstić information content (AvgIpc) is 3.41. The Morgan fingerprint density at radius 1 is 1.00 bits per heavy atom. The highest BCUT2D eigenvalue weighted by Crippen LogP contribution is 2.26. The Labute approximate surface area is 183 Å². The molecule has 2 heterocycles. The highest BCUT2D eigenvalue weighted by atomic mass is 16.5. The number of ether oxygens (including phenoxy) is 1. The summed E-state index contributed by atoms with van der Waals surface area (Å²) < 4.78 is 9.98. The van der Waals surface area contributed by atoms with Crippen LogP contribution < -0.4 is 5.32 Å². The van der Waals surface area contributed by atoms with Gasteiger partial charge in [-0.15, -0.1) is 0 Å². The lowest BCUT2D eigenvalue weighted by molar-refractivity contribution is -0.141. The van der Waals surface area contributed by atoms with Crippen LogP contribution in [0.3, 0.4) is 0 Å². The zero-order valence-electron chi connectivity index (χ0n) is 17.2. The van der Waals surface area contributed by atoms with Gasteiger partial charge in [0.15, 0.2) is 0 Å². The largest absolute Gasteiger partial charge is 0.469 e. The number of nitrogens with one attached hydrogen (secondary N) is 1. The topological polar surface area (TPSA) is 106 Å². The predicted octanol–water partition coefficient (Wildman–Crippen LogP) is 3.11. The van der Waals surface area contributed by atoms with Crippen LogP contribution >= 0.6 is 0 Å². The summed E-state index contributed by atoms with van der Waals surface area (Å²) in [4.78, 5) is 51.3. The molecule has 0 spiro atoms. The van der Waals surface area contributed by atoms with Crippen LogP contribution in [-0.2, 0) is 16.1 Å². The van der Waals surface area contributed by atoms with Crippen LogP contribution in [0.2, 0.25) is 0 Å². The molecule has 1 aliphatic rings. The first-order chi connectivity index (χ1) is 15.5. The molecule has 0 aliphatic carbocycles. The van der Waals surface area contributed by atoms with Crippen LogP contribution in [0.1, 0.15) is 54.9 Å². The summed E-state index contributed by atoms with van der Waals surface area (Å²) in [5.74, 6) is -1.41. The Morgan fingerprint density at radius 2 is 1.75 bits per heavy atom. The SMILES string of the molecule is COC(=O)C[C@H](NC(=O)c1ccc2c(c1)C(=O)N(Cc1ccco1)C2=O)c1ccccc1. The van der Waals surface area contributed by atoms with Gasteiger partial charge in [0, 0.05) is 5.56 Å². The van der Waals surface area contributed by atoms with Gasteiger partial charge in [-0.3, -0.25) is 24.1 Å². The molecule has 3 aromatic rings. The first-order valence-corrected chi connectivity index (χ1v) is 9.93. The van der Waals surface area contributed by atoms with Crippen molar-refractivity contribution in [1.82, 2.24) is 10.2 Å². The molecule has 0 saturated heterocycles. The summed E-state index contributed by atoms with van der Waals surface area (Å²) >= 11 is 0. The van der Waals surface area contributed by atoms with E-state index in [0.717, 1.165) is 10.5 Å². The van der Waals surface area contributed by atoms with Crippen molar-refractivity contribution in [1.29, 1.82) is 0 Å². The van der Waals surface area contributed by atoms with Crippen molar-refractivity contribution in [3.8, 4) is 0 Å². The minimum Gasteiger partial charge on any atom is -0.469 e. The molecule has 1 aliphatic heterocycles. The van der Waals surface area contributed by atoms with Gasteiger partial charge in [-0.25, -0.2) is 0 Å². The van der Waals surface area contributed by atoms with Crippen LogP contribution in [0.25, 0.3) is 0 Å². The van der Waals surface area contributed by atoms with Gasteiger partial charge in [-0.2, -0.15) is 0 Å². The van der Waals surface area contributed by atoms with E-state index in [1.807, 2.05) is 6.07 Å². The third kappa shape index (κ3) is 4.15. The summed E-state index contributed by atoms with van der Waals surface area (Å²) in [5, 5.41) is 2.82. The monoisotopic (exact) mass is 432 g/mol. The maximum atomic E-state index is 12.9. The number of amides is 3. The maximum absolute atomic E-state index is 12.9. The van der Waals surface area contributed by atoms with E-state index in [0.29, 0.717) is 5.76 Å². The van der Waals surface area contributed by atoms with E-state index in [1.165, 1.54) is 31.6 Å². The van der Waals surface area contributed by atoms with Crippen LogP contribution in [0.4, 0.5) is 0 Å². The van der Waals surface area contributed by atoms with Crippen molar-refractivity contribution in [2.24, 2.45) is 0 Å². The third-order valence-corrected chi connectivity index (χ3v) is 5.23. The van der Waals surface area contributed by atoms with E-state index in [4.69, 9.17) is 9.15 Å². The van der Waals surface area contributed by atoms with Gasteiger partial charge in [0.05, 0.1) is 43.5 Å². The van der Waals surface area contributed by atoms with Gasteiger partial charge < -0.3 is 14.5 Å². The van der Waals surface area contributed by atoms with Crippen LogP contribution in [0.5, 0.6) is 0 Å². The van der Waals surface area contributed by atoms with Crippen molar-refractivity contribution >= 4 is 23.7 Å². The van der Waals surface area contributed by atoms with E-state index in [1.54, 1.807) is 36.4 Å². The lowest BCUT2D eigenvalue weighted by atomic mass is 10.0. The number of methoxy groups -OCH3 is 1. The summed E-state index contributed by atoms with van der Waals surface area (Å²) in [6.07, 6.45) is 1.42. The minimum atomic E-state index is -0.614. The molecule has 0 saturated carbocycles. The molecule has 162 valence electrons. The van der Waals surface area contributed by atoms with Gasteiger partial charge >= 0.3 is 5.97 Å². The molecule has 8 heteroatoms. The van der Waals surface area contributed by atoms with E-state index < -0.39 is 29.7 Å². The van der Waals surface area contributed by atoms with Crippen molar-refractivity contribution in [2.75, 3.05) is 7.11 Å². The lowest BCUT2D eigenvalue weighted by Crippen LogP contribution is -2.30. The number of fused-ring (bicyclic) bond motifs is 1. The Kier molecular flexibility index (Phi) is 5.85. The normalized spacial score (nSPS) is 13.6. The van der Waals surface area contributed by atoms with Crippen LogP contribution in [-0.4, -0.2) is 35.7 Å². The second kappa shape index (κ2) is 8.89. The zero-order valence-corrected chi connectivity index (χ0v) is 17.2.